The molecule has 0 atom stereocenters. The van der Waals surface area contributed by atoms with E-state index in [4.69, 9.17) is 5.73 Å². The molecular weight excluding hydrogens is 208 g/mol. The van der Waals surface area contributed by atoms with Gasteiger partial charge in [-0.05, 0) is 24.6 Å². The molecule has 2 rings (SSSR count). The van der Waals surface area contributed by atoms with Gasteiger partial charge in [-0.1, -0.05) is 12.1 Å². The largest absolute Gasteiger partial charge is 0.378 e. The second-order valence-corrected chi connectivity index (χ2v) is 3.42. The molecule has 0 aliphatic heterocycles. The maximum atomic E-state index is 10.6. The number of rotatable bonds is 2. The molecule has 0 unspecified atom stereocenters. The molecule has 0 aliphatic rings. The Kier molecular flexibility index (Phi) is 2.32. The zero-order valence-electron chi connectivity index (χ0n) is 8.62. The van der Waals surface area contributed by atoms with E-state index < -0.39 is 4.92 Å². The maximum absolute atomic E-state index is 10.6. The summed E-state index contributed by atoms with van der Waals surface area (Å²) in [7, 11) is 0. The third kappa shape index (κ3) is 1.60. The topological polar surface area (TPSA) is 87.0 Å². The van der Waals surface area contributed by atoms with Crippen molar-refractivity contribution in [2.24, 2.45) is 0 Å². The van der Waals surface area contributed by atoms with Crippen LogP contribution >= 0.6 is 0 Å². The summed E-state index contributed by atoms with van der Waals surface area (Å²) >= 11 is 0. The van der Waals surface area contributed by atoms with Crippen molar-refractivity contribution in [3.63, 3.8) is 0 Å². The van der Waals surface area contributed by atoms with Gasteiger partial charge in [0.25, 0.3) is 0 Å². The average molecular weight is 218 g/mol. The maximum Gasteiger partial charge on any atom is 0.331 e. The van der Waals surface area contributed by atoms with Crippen LogP contribution in [0.1, 0.15) is 5.56 Å². The van der Waals surface area contributed by atoms with Crippen LogP contribution < -0.4 is 5.73 Å². The highest BCUT2D eigenvalue weighted by Gasteiger charge is 2.18. The van der Waals surface area contributed by atoms with Crippen LogP contribution in [0.2, 0.25) is 0 Å². The van der Waals surface area contributed by atoms with E-state index in [-0.39, 0.29) is 11.5 Å². The lowest BCUT2D eigenvalue weighted by atomic mass is 10.2. The number of hydrogen-bond donors (Lipinski definition) is 1. The van der Waals surface area contributed by atoms with Crippen LogP contribution in [0.15, 0.2) is 30.5 Å². The molecule has 2 N–H and O–H groups in total. The fourth-order valence-corrected chi connectivity index (χ4v) is 1.46. The highest BCUT2D eigenvalue weighted by atomic mass is 16.6. The number of nitro groups is 1. The summed E-state index contributed by atoms with van der Waals surface area (Å²) in [6, 6.07) is 7.42. The molecule has 0 spiro atoms. The Labute approximate surface area is 91.5 Å². The standard InChI is InChI=1S/C10H10N4O2/c1-7-3-2-4-8(5-7)13-10(11)9(6-12-13)14(15)16/h2-6H,11H2,1H3. The van der Waals surface area contributed by atoms with E-state index in [1.165, 1.54) is 4.68 Å². The Hall–Kier alpha value is -2.37. The lowest BCUT2D eigenvalue weighted by Gasteiger charge is -2.03. The van der Waals surface area contributed by atoms with E-state index in [1.54, 1.807) is 6.07 Å². The van der Waals surface area contributed by atoms with Crippen molar-refractivity contribution in [2.75, 3.05) is 5.73 Å². The van der Waals surface area contributed by atoms with Gasteiger partial charge in [-0.2, -0.15) is 5.10 Å². The quantitative estimate of drug-likeness (QED) is 0.613. The van der Waals surface area contributed by atoms with Crippen molar-refractivity contribution < 1.29 is 4.92 Å². The van der Waals surface area contributed by atoms with Gasteiger partial charge in [0.1, 0.15) is 6.20 Å². The van der Waals surface area contributed by atoms with Crippen molar-refractivity contribution in [3.05, 3.63) is 46.1 Å². The van der Waals surface area contributed by atoms with E-state index in [1.807, 2.05) is 25.1 Å². The van der Waals surface area contributed by atoms with Crippen LogP contribution in [-0.2, 0) is 0 Å². The molecule has 0 aliphatic carbocycles. The molecule has 0 bridgehead atoms. The van der Waals surface area contributed by atoms with Gasteiger partial charge in [0, 0.05) is 0 Å². The molecule has 0 saturated heterocycles. The first-order chi connectivity index (χ1) is 7.59. The predicted molar refractivity (Wildman–Crippen MR) is 59.4 cm³/mol. The van der Waals surface area contributed by atoms with E-state index in [2.05, 4.69) is 5.10 Å². The van der Waals surface area contributed by atoms with Crippen molar-refractivity contribution in [2.45, 2.75) is 6.92 Å². The lowest BCUT2D eigenvalue weighted by Crippen LogP contribution is -2.03. The highest BCUT2D eigenvalue weighted by Crippen LogP contribution is 2.23. The first kappa shape index (κ1) is 10.2. The summed E-state index contributed by atoms with van der Waals surface area (Å²) in [5.41, 5.74) is 7.22. The lowest BCUT2D eigenvalue weighted by molar-refractivity contribution is -0.383. The molecule has 0 radical (unpaired) electrons. The minimum atomic E-state index is -0.547. The molecule has 16 heavy (non-hydrogen) atoms. The Morgan fingerprint density at radius 1 is 1.50 bits per heavy atom. The second-order valence-electron chi connectivity index (χ2n) is 3.42. The molecule has 82 valence electrons. The monoisotopic (exact) mass is 218 g/mol. The highest BCUT2D eigenvalue weighted by molar-refractivity contribution is 5.56. The van der Waals surface area contributed by atoms with Gasteiger partial charge in [0.05, 0.1) is 10.6 Å². The van der Waals surface area contributed by atoms with Gasteiger partial charge in [0.2, 0.25) is 5.82 Å². The number of anilines is 1. The van der Waals surface area contributed by atoms with Crippen molar-refractivity contribution >= 4 is 11.5 Å². The summed E-state index contributed by atoms with van der Waals surface area (Å²) in [6.07, 6.45) is 1.15. The van der Waals surface area contributed by atoms with Gasteiger partial charge < -0.3 is 5.73 Å². The van der Waals surface area contributed by atoms with Gasteiger partial charge in [-0.25, -0.2) is 4.68 Å². The minimum Gasteiger partial charge on any atom is -0.378 e. The minimum absolute atomic E-state index is 0.0376. The van der Waals surface area contributed by atoms with Gasteiger partial charge in [0.15, 0.2) is 0 Å². The normalized spacial score (nSPS) is 10.3. The summed E-state index contributed by atoms with van der Waals surface area (Å²) in [5.74, 6) is 0.0376. The zero-order chi connectivity index (χ0) is 11.7. The first-order valence-electron chi connectivity index (χ1n) is 4.64. The summed E-state index contributed by atoms with van der Waals surface area (Å²) in [6.45, 7) is 1.93. The predicted octanol–water partition coefficient (Wildman–Crippen LogP) is 1.67. The molecule has 1 heterocycles. The molecule has 1 aromatic carbocycles. The zero-order valence-corrected chi connectivity index (χ0v) is 8.62. The fourth-order valence-electron chi connectivity index (χ4n) is 1.46. The molecule has 6 nitrogen and oxygen atoms in total. The Morgan fingerprint density at radius 2 is 2.25 bits per heavy atom. The number of aromatic nitrogens is 2. The van der Waals surface area contributed by atoms with Crippen LogP contribution in [0.3, 0.4) is 0 Å². The van der Waals surface area contributed by atoms with E-state index in [9.17, 15) is 10.1 Å². The molecule has 2 aromatic rings. The van der Waals surface area contributed by atoms with Crippen molar-refractivity contribution in [1.82, 2.24) is 9.78 Å². The number of benzene rings is 1. The van der Waals surface area contributed by atoms with Crippen LogP contribution in [0.25, 0.3) is 5.69 Å². The second kappa shape index (κ2) is 3.65. The van der Waals surface area contributed by atoms with Crippen molar-refractivity contribution in [1.29, 1.82) is 0 Å². The molecule has 0 fully saturated rings. The first-order valence-corrected chi connectivity index (χ1v) is 4.64. The van der Waals surface area contributed by atoms with Crippen LogP contribution in [0, 0.1) is 17.0 Å². The summed E-state index contributed by atoms with van der Waals surface area (Å²) in [4.78, 5) is 10.1. The number of nitrogens with zero attached hydrogens (tertiary/aromatic N) is 3. The van der Waals surface area contributed by atoms with Crippen LogP contribution in [0.5, 0.6) is 0 Å². The molecule has 0 amide bonds. The number of nitrogens with two attached hydrogens (primary N) is 1. The summed E-state index contributed by atoms with van der Waals surface area (Å²) in [5, 5.41) is 14.5. The van der Waals surface area contributed by atoms with Gasteiger partial charge in [-0.15, -0.1) is 0 Å². The number of aryl methyl sites for hydroxylation is 1. The van der Waals surface area contributed by atoms with Crippen LogP contribution in [0.4, 0.5) is 11.5 Å². The van der Waals surface area contributed by atoms with E-state index >= 15 is 0 Å². The fraction of sp³-hybridized carbons (Fsp3) is 0.100. The van der Waals surface area contributed by atoms with Gasteiger partial charge in [-0.3, -0.25) is 10.1 Å². The van der Waals surface area contributed by atoms with Crippen LogP contribution in [-0.4, -0.2) is 14.7 Å². The number of nitrogen functional groups attached to an aromatic ring is 1. The molecule has 0 saturated carbocycles. The third-order valence-corrected chi connectivity index (χ3v) is 2.23. The molecular formula is C10H10N4O2. The Morgan fingerprint density at radius 3 is 2.81 bits per heavy atom. The SMILES string of the molecule is Cc1cccc(-n2ncc([N+](=O)[O-])c2N)c1. The Balaban J connectivity index is 2.53. The van der Waals surface area contributed by atoms with Gasteiger partial charge >= 0.3 is 5.69 Å². The summed E-state index contributed by atoms with van der Waals surface area (Å²) < 4.78 is 1.35. The average Bonchev–Trinajstić information content (AvgIpc) is 2.60. The number of hydrogen-bond acceptors (Lipinski definition) is 4. The smallest absolute Gasteiger partial charge is 0.331 e. The molecule has 1 aromatic heterocycles. The van der Waals surface area contributed by atoms with E-state index in [0.717, 1.165) is 11.8 Å². The third-order valence-electron chi connectivity index (χ3n) is 2.23. The molecule has 6 heteroatoms. The van der Waals surface area contributed by atoms with E-state index in [0.29, 0.717) is 5.69 Å². The van der Waals surface area contributed by atoms with Crippen molar-refractivity contribution in [3.8, 4) is 5.69 Å². The Bertz CT molecular complexity index is 548.